The van der Waals surface area contributed by atoms with E-state index >= 15 is 0 Å². The fourth-order valence-electron chi connectivity index (χ4n) is 2.61. The van der Waals surface area contributed by atoms with Gasteiger partial charge in [0.2, 0.25) is 0 Å². The number of Topliss-reactive ketones (excluding diaryl/α,β-unsaturated/α-hetero) is 1. The summed E-state index contributed by atoms with van der Waals surface area (Å²) >= 11 is 1.75. The van der Waals surface area contributed by atoms with Crippen molar-refractivity contribution in [2.24, 2.45) is 0 Å². The fourth-order valence-corrected chi connectivity index (χ4v) is 5.01. The van der Waals surface area contributed by atoms with Crippen LogP contribution in [-0.2, 0) is 21.0 Å². The maximum Gasteiger partial charge on any atom is 0.417 e. The number of pyridine rings is 1. The Morgan fingerprint density at radius 3 is 2.34 bits per heavy atom. The molecule has 0 saturated heterocycles. The summed E-state index contributed by atoms with van der Waals surface area (Å²) in [7, 11) is -4.02. The monoisotopic (exact) mass is 500 g/mol. The van der Waals surface area contributed by atoms with Crippen molar-refractivity contribution in [3.63, 3.8) is 0 Å². The minimum Gasteiger partial charge on any atom is -0.293 e. The van der Waals surface area contributed by atoms with Gasteiger partial charge in [-0.2, -0.15) is 24.5 Å². The average molecular weight is 501 g/mol. The lowest BCUT2D eigenvalue weighted by Crippen LogP contribution is -2.13. The number of hydrogen-bond acceptors (Lipinski definition) is 7. The first-order valence-corrected chi connectivity index (χ1v) is 12.3. The number of sulfonamides is 1. The van der Waals surface area contributed by atoms with Gasteiger partial charge in [-0.1, -0.05) is 23.9 Å². The Bertz CT molecular complexity index is 1240. The lowest BCUT2D eigenvalue weighted by Gasteiger charge is -2.10. The third kappa shape index (κ3) is 5.75. The Kier molecular flexibility index (Phi) is 7.06. The number of alkyl halides is 3. The number of nitrogens with one attached hydrogen (secondary N) is 1. The number of rotatable bonds is 7. The van der Waals surface area contributed by atoms with Crippen molar-refractivity contribution >= 4 is 49.7 Å². The molecular formula is C20H15F3N2O4S3. The number of nitrogens with zero attached hydrogens (tertiary/aromatic N) is 1. The summed E-state index contributed by atoms with van der Waals surface area (Å²) in [5.41, 5.74) is -0.497. The molecule has 1 N–H and O–H groups in total. The average Bonchev–Trinajstić information content (AvgIpc) is 3.23. The molecule has 3 aromatic rings. The van der Waals surface area contributed by atoms with E-state index in [0.717, 1.165) is 34.7 Å². The zero-order valence-corrected chi connectivity index (χ0v) is 18.8. The highest BCUT2D eigenvalue weighted by atomic mass is 32.2. The molecule has 168 valence electrons. The minimum absolute atomic E-state index is 0.0438. The molecule has 0 radical (unpaired) electrons. The van der Waals surface area contributed by atoms with Crippen LogP contribution in [-0.4, -0.2) is 30.1 Å². The molecule has 32 heavy (non-hydrogen) atoms. The van der Waals surface area contributed by atoms with Crippen molar-refractivity contribution in [1.29, 1.82) is 0 Å². The zero-order valence-electron chi connectivity index (χ0n) is 16.3. The molecular weight excluding hydrogens is 485 g/mol. The van der Waals surface area contributed by atoms with Crippen molar-refractivity contribution in [2.45, 2.75) is 18.0 Å². The van der Waals surface area contributed by atoms with Gasteiger partial charge in [-0.05, 0) is 24.3 Å². The molecule has 0 unspecified atom stereocenters. The molecule has 0 bridgehead atoms. The second-order valence-corrected chi connectivity index (χ2v) is 10.0. The molecule has 3 rings (SSSR count). The van der Waals surface area contributed by atoms with E-state index in [2.05, 4.69) is 9.71 Å². The van der Waals surface area contributed by atoms with Crippen LogP contribution in [0, 0.1) is 0 Å². The molecule has 12 heteroatoms. The first-order chi connectivity index (χ1) is 15.0. The summed E-state index contributed by atoms with van der Waals surface area (Å²) in [6.45, 7) is 1.34. The molecule has 6 nitrogen and oxygen atoms in total. The van der Waals surface area contributed by atoms with Gasteiger partial charge in [-0.25, -0.2) is 8.42 Å². The van der Waals surface area contributed by atoms with Crippen LogP contribution >= 0.6 is 23.1 Å². The van der Waals surface area contributed by atoms with E-state index in [1.165, 1.54) is 48.7 Å². The highest BCUT2D eigenvalue weighted by Gasteiger charge is 2.34. The van der Waals surface area contributed by atoms with Gasteiger partial charge in [0.05, 0.1) is 33.8 Å². The summed E-state index contributed by atoms with van der Waals surface area (Å²) in [4.78, 5) is 26.8. The number of carbonyl (C=O) groups excluding carboxylic acids is 2. The van der Waals surface area contributed by atoms with E-state index in [0.29, 0.717) is 0 Å². The maximum absolute atomic E-state index is 13.1. The maximum atomic E-state index is 13.1. The largest absolute Gasteiger partial charge is 0.417 e. The van der Waals surface area contributed by atoms with Crippen LogP contribution in [0.2, 0.25) is 0 Å². The highest BCUT2D eigenvalue weighted by molar-refractivity contribution is 8.14. The normalized spacial score (nSPS) is 11.9. The van der Waals surface area contributed by atoms with Crippen molar-refractivity contribution < 1.29 is 31.2 Å². The van der Waals surface area contributed by atoms with Crippen LogP contribution in [0.3, 0.4) is 0 Å². The van der Waals surface area contributed by atoms with Crippen molar-refractivity contribution in [3.8, 4) is 11.3 Å². The van der Waals surface area contributed by atoms with Gasteiger partial charge in [-0.3, -0.25) is 19.3 Å². The molecule has 0 fully saturated rings. The summed E-state index contributed by atoms with van der Waals surface area (Å²) in [5.74, 6) is -0.355. The van der Waals surface area contributed by atoms with Crippen molar-refractivity contribution in [3.05, 3.63) is 64.5 Å². The Morgan fingerprint density at radius 1 is 1.09 bits per heavy atom. The van der Waals surface area contributed by atoms with E-state index in [4.69, 9.17) is 0 Å². The van der Waals surface area contributed by atoms with Crippen LogP contribution in [0.25, 0.3) is 11.3 Å². The molecule has 0 saturated carbocycles. The Balaban J connectivity index is 1.74. The topological polar surface area (TPSA) is 93.2 Å². The standard InChI is InChI=1S/C20H15F3N2O4S3/c1-12(26)31-11-19(27)13-2-5-15(6-3-13)32(28,29)25-14-4-7-18(24-8-14)16-9-30-10-17(16)20(21,22)23/h2-10,25H,11H2,1H3. The molecule has 0 amide bonds. The highest BCUT2D eigenvalue weighted by Crippen LogP contribution is 2.38. The predicted octanol–water partition coefficient (Wildman–Crippen LogP) is 5.09. The van der Waals surface area contributed by atoms with E-state index < -0.39 is 21.8 Å². The number of thioether (sulfide) groups is 1. The third-order valence-corrected chi connectivity index (χ3v) is 7.11. The number of ketones is 1. The van der Waals surface area contributed by atoms with Crippen LogP contribution in [0.5, 0.6) is 0 Å². The van der Waals surface area contributed by atoms with Gasteiger partial charge in [-0.15, -0.1) is 0 Å². The summed E-state index contributed by atoms with van der Waals surface area (Å²) in [6.07, 6.45) is -3.39. The number of benzene rings is 1. The Hall–Kier alpha value is -2.70. The smallest absolute Gasteiger partial charge is 0.293 e. The van der Waals surface area contributed by atoms with Gasteiger partial charge >= 0.3 is 6.18 Å². The van der Waals surface area contributed by atoms with Crippen LogP contribution < -0.4 is 4.72 Å². The zero-order chi connectivity index (χ0) is 23.5. The number of hydrogen-bond donors (Lipinski definition) is 1. The molecule has 0 aliphatic heterocycles. The molecule has 1 aromatic carbocycles. The number of halogens is 3. The van der Waals surface area contributed by atoms with E-state index in [1.54, 1.807) is 0 Å². The minimum atomic E-state index is -4.52. The lowest BCUT2D eigenvalue weighted by molar-refractivity contribution is -0.136. The van der Waals surface area contributed by atoms with Crippen LogP contribution in [0.4, 0.5) is 18.9 Å². The number of carbonyl (C=O) groups is 2. The van der Waals surface area contributed by atoms with Gasteiger partial charge in [0, 0.05) is 28.8 Å². The summed E-state index contributed by atoms with van der Waals surface area (Å²) < 4.78 is 66.6. The first-order valence-electron chi connectivity index (χ1n) is 8.86. The SMILES string of the molecule is CC(=O)SCC(=O)c1ccc(S(=O)(=O)Nc2ccc(-c3cscc3C(F)(F)F)nc2)cc1. The number of anilines is 1. The Labute approximate surface area is 189 Å². The molecule has 2 heterocycles. The van der Waals surface area contributed by atoms with E-state index in [-0.39, 0.29) is 44.1 Å². The quantitative estimate of drug-likeness (QED) is 0.454. The van der Waals surface area contributed by atoms with Gasteiger partial charge in [0.15, 0.2) is 10.9 Å². The number of aromatic nitrogens is 1. The number of thiophene rings is 1. The molecule has 0 spiro atoms. The molecule has 0 aliphatic rings. The van der Waals surface area contributed by atoms with Crippen molar-refractivity contribution in [1.82, 2.24) is 4.98 Å². The molecule has 2 aromatic heterocycles. The fraction of sp³-hybridized carbons (Fsp3) is 0.150. The Morgan fingerprint density at radius 2 is 1.78 bits per heavy atom. The van der Waals surface area contributed by atoms with E-state index in [9.17, 15) is 31.2 Å². The van der Waals surface area contributed by atoms with E-state index in [1.807, 2.05) is 0 Å². The van der Waals surface area contributed by atoms with Gasteiger partial charge in [0.1, 0.15) is 0 Å². The predicted molar refractivity (Wildman–Crippen MR) is 117 cm³/mol. The van der Waals surface area contributed by atoms with Crippen LogP contribution in [0.15, 0.2) is 58.3 Å². The van der Waals surface area contributed by atoms with Crippen LogP contribution in [0.1, 0.15) is 22.8 Å². The lowest BCUT2D eigenvalue weighted by atomic mass is 10.1. The first kappa shape index (κ1) is 24.0. The second-order valence-electron chi connectivity index (χ2n) is 6.46. The molecule has 0 atom stereocenters. The van der Waals surface area contributed by atoms with Gasteiger partial charge in [0.25, 0.3) is 10.0 Å². The second kappa shape index (κ2) is 9.43. The summed E-state index contributed by atoms with van der Waals surface area (Å²) in [5, 5.41) is 2.11. The van der Waals surface area contributed by atoms with Gasteiger partial charge < -0.3 is 0 Å². The van der Waals surface area contributed by atoms with Crippen molar-refractivity contribution in [2.75, 3.05) is 10.5 Å². The summed E-state index contributed by atoms with van der Waals surface area (Å²) in [6, 6.07) is 7.79. The molecule has 0 aliphatic carbocycles. The third-order valence-electron chi connectivity index (χ3n) is 4.15.